The van der Waals surface area contributed by atoms with E-state index in [4.69, 9.17) is 5.21 Å². The Morgan fingerprint density at radius 2 is 1.67 bits per heavy atom. The van der Waals surface area contributed by atoms with Crippen LogP contribution in [0.25, 0.3) is 11.1 Å². The number of nitrogens with one attached hydrogen (secondary N) is 1. The maximum atomic E-state index is 12.9. The quantitative estimate of drug-likeness (QED) is 0.521. The third-order valence-corrected chi connectivity index (χ3v) is 7.07. The molecule has 0 saturated heterocycles. The molecule has 160 valence electrons. The summed E-state index contributed by atoms with van der Waals surface area (Å²) in [6.45, 7) is 1.28. The maximum Gasteiger partial charge on any atom is 0.270 e. The summed E-state index contributed by atoms with van der Waals surface area (Å²) in [6, 6.07) is 15.2. The van der Waals surface area contributed by atoms with E-state index in [9.17, 15) is 13.2 Å². The minimum absolute atomic E-state index is 0.0985. The van der Waals surface area contributed by atoms with Gasteiger partial charge in [0.2, 0.25) is 10.0 Å². The summed E-state index contributed by atoms with van der Waals surface area (Å²) in [5.74, 6) is -0.593. The Morgan fingerprint density at radius 1 is 1.07 bits per heavy atom. The van der Waals surface area contributed by atoms with Crippen LogP contribution in [0.2, 0.25) is 0 Å². The Bertz CT molecular complexity index is 1010. The fourth-order valence-electron chi connectivity index (χ4n) is 3.33. The number of carbonyl (C=O) groups is 1. The second kappa shape index (κ2) is 9.53. The van der Waals surface area contributed by atoms with E-state index in [2.05, 4.69) is 43.3 Å². The number of amides is 1. The average molecular weight is 430 g/mol. The molecule has 0 aliphatic carbocycles. The van der Waals surface area contributed by atoms with Crippen molar-refractivity contribution in [2.24, 2.45) is 0 Å². The number of carbonyl (C=O) groups excluding carboxylic acids is 1. The van der Waals surface area contributed by atoms with E-state index in [1.807, 2.05) is 12.1 Å². The highest BCUT2D eigenvalue weighted by Gasteiger charge is 2.27. The first-order valence-corrected chi connectivity index (χ1v) is 11.2. The number of benzene rings is 2. The number of likely N-dealkylation sites (N-methyl/N-ethyl adjacent to an activating group) is 1. The first kappa shape index (κ1) is 22.2. The molecular formula is C22H27N3O4S. The summed E-state index contributed by atoms with van der Waals surface area (Å²) in [5.41, 5.74) is 5.21. The molecule has 2 aromatic carbocycles. The van der Waals surface area contributed by atoms with Gasteiger partial charge in [-0.3, -0.25) is 10.0 Å². The molecule has 0 unspecified atom stereocenters. The van der Waals surface area contributed by atoms with Gasteiger partial charge in [0.05, 0.1) is 4.90 Å². The van der Waals surface area contributed by atoms with Gasteiger partial charge in [-0.15, -0.1) is 0 Å². The molecule has 0 atom stereocenters. The third kappa shape index (κ3) is 5.14. The zero-order valence-electron chi connectivity index (χ0n) is 17.2. The van der Waals surface area contributed by atoms with Crippen LogP contribution < -0.4 is 5.48 Å². The normalized spacial score (nSPS) is 15.1. The minimum Gasteiger partial charge on any atom is -0.309 e. The van der Waals surface area contributed by atoms with Crippen LogP contribution in [-0.4, -0.2) is 62.5 Å². The van der Waals surface area contributed by atoms with Gasteiger partial charge in [0, 0.05) is 25.2 Å². The molecule has 0 radical (unpaired) electrons. The molecule has 3 rings (SSSR count). The van der Waals surface area contributed by atoms with Crippen LogP contribution in [-0.2, 0) is 21.2 Å². The first-order valence-electron chi connectivity index (χ1n) is 9.79. The molecule has 0 bridgehead atoms. The smallest absolute Gasteiger partial charge is 0.270 e. The Balaban J connectivity index is 1.70. The Hall–Kier alpha value is -2.52. The van der Waals surface area contributed by atoms with E-state index in [1.54, 1.807) is 17.6 Å². The van der Waals surface area contributed by atoms with Crippen LogP contribution in [0.3, 0.4) is 0 Å². The monoisotopic (exact) mass is 429 g/mol. The lowest BCUT2D eigenvalue weighted by atomic mass is 10.0. The van der Waals surface area contributed by atoms with Crippen LogP contribution >= 0.6 is 0 Å². The topological polar surface area (TPSA) is 90.0 Å². The minimum atomic E-state index is -3.65. The lowest BCUT2D eigenvalue weighted by molar-refractivity contribution is -0.125. The molecule has 1 heterocycles. The van der Waals surface area contributed by atoms with E-state index in [-0.39, 0.29) is 24.4 Å². The van der Waals surface area contributed by atoms with Crippen molar-refractivity contribution in [3.05, 3.63) is 65.7 Å². The van der Waals surface area contributed by atoms with Crippen LogP contribution in [0.5, 0.6) is 0 Å². The van der Waals surface area contributed by atoms with E-state index >= 15 is 0 Å². The molecule has 0 saturated carbocycles. The largest absolute Gasteiger partial charge is 0.309 e. The molecule has 0 fully saturated rings. The fourth-order valence-corrected chi connectivity index (χ4v) is 4.71. The fraction of sp³-hybridized carbons (Fsp3) is 0.318. The Labute approximate surface area is 177 Å². The Morgan fingerprint density at radius 3 is 2.17 bits per heavy atom. The highest BCUT2D eigenvalue weighted by atomic mass is 32.2. The number of hydrogen-bond donors (Lipinski definition) is 2. The summed E-state index contributed by atoms with van der Waals surface area (Å²) in [6.07, 6.45) is 2.76. The van der Waals surface area contributed by atoms with Crippen molar-refractivity contribution in [2.45, 2.75) is 17.7 Å². The molecule has 2 N–H and O–H groups in total. The zero-order valence-corrected chi connectivity index (χ0v) is 18.0. The zero-order chi connectivity index (χ0) is 21.7. The van der Waals surface area contributed by atoms with Crippen molar-refractivity contribution in [3.63, 3.8) is 0 Å². The van der Waals surface area contributed by atoms with E-state index in [0.29, 0.717) is 5.57 Å². The van der Waals surface area contributed by atoms with Gasteiger partial charge in [-0.1, -0.05) is 42.5 Å². The van der Waals surface area contributed by atoms with Gasteiger partial charge in [0.1, 0.15) is 0 Å². The lowest BCUT2D eigenvalue weighted by Crippen LogP contribution is -2.37. The number of hydroxylamine groups is 1. The highest BCUT2D eigenvalue weighted by molar-refractivity contribution is 7.89. The van der Waals surface area contributed by atoms with Crippen molar-refractivity contribution < 1.29 is 18.4 Å². The van der Waals surface area contributed by atoms with Gasteiger partial charge in [0.15, 0.2) is 0 Å². The third-order valence-electron chi connectivity index (χ3n) is 5.19. The molecule has 2 aromatic rings. The van der Waals surface area contributed by atoms with E-state index in [1.165, 1.54) is 15.9 Å². The van der Waals surface area contributed by atoms with Crippen molar-refractivity contribution in [1.82, 2.24) is 14.7 Å². The maximum absolute atomic E-state index is 12.9. The number of rotatable bonds is 7. The van der Waals surface area contributed by atoms with E-state index in [0.717, 1.165) is 24.1 Å². The van der Waals surface area contributed by atoms with Gasteiger partial charge < -0.3 is 4.90 Å². The summed E-state index contributed by atoms with van der Waals surface area (Å²) in [5, 5.41) is 8.70. The van der Waals surface area contributed by atoms with Gasteiger partial charge in [-0.2, -0.15) is 4.31 Å². The first-order chi connectivity index (χ1) is 14.3. The van der Waals surface area contributed by atoms with Gasteiger partial charge >= 0.3 is 0 Å². The summed E-state index contributed by atoms with van der Waals surface area (Å²) in [4.78, 5) is 13.8. The second-order valence-electron chi connectivity index (χ2n) is 7.56. The number of nitrogens with zero attached hydrogens (tertiary/aromatic N) is 2. The van der Waals surface area contributed by atoms with Crippen molar-refractivity contribution in [3.8, 4) is 11.1 Å². The lowest BCUT2D eigenvalue weighted by Gasteiger charge is -2.25. The molecule has 1 amide bonds. The molecule has 7 nitrogen and oxygen atoms in total. The molecule has 0 aromatic heterocycles. The van der Waals surface area contributed by atoms with Gasteiger partial charge in [-0.25, -0.2) is 13.9 Å². The molecule has 30 heavy (non-hydrogen) atoms. The molecule has 0 spiro atoms. The second-order valence-corrected chi connectivity index (χ2v) is 9.50. The summed E-state index contributed by atoms with van der Waals surface area (Å²) < 4.78 is 27.1. The van der Waals surface area contributed by atoms with Crippen LogP contribution in [0.1, 0.15) is 12.0 Å². The van der Waals surface area contributed by atoms with Gasteiger partial charge in [0.25, 0.3) is 5.91 Å². The summed E-state index contributed by atoms with van der Waals surface area (Å²) >= 11 is 0. The summed E-state index contributed by atoms with van der Waals surface area (Å²) in [7, 11) is 0.452. The van der Waals surface area contributed by atoms with Gasteiger partial charge in [-0.05, 0) is 55.8 Å². The number of sulfonamides is 1. The van der Waals surface area contributed by atoms with Crippen LogP contribution in [0.4, 0.5) is 0 Å². The molecule has 1 aliphatic rings. The van der Waals surface area contributed by atoms with Crippen LogP contribution in [0, 0.1) is 0 Å². The average Bonchev–Trinajstić information content (AvgIpc) is 2.77. The predicted molar refractivity (Wildman–Crippen MR) is 116 cm³/mol. The molecule has 1 aliphatic heterocycles. The molecular weight excluding hydrogens is 402 g/mol. The van der Waals surface area contributed by atoms with Crippen LogP contribution in [0.15, 0.2) is 65.1 Å². The Kier molecular flexibility index (Phi) is 7.04. The van der Waals surface area contributed by atoms with Crippen molar-refractivity contribution >= 4 is 15.9 Å². The highest BCUT2D eigenvalue weighted by Crippen LogP contribution is 2.25. The van der Waals surface area contributed by atoms with Crippen molar-refractivity contribution in [1.29, 1.82) is 0 Å². The van der Waals surface area contributed by atoms with Crippen molar-refractivity contribution in [2.75, 3.05) is 33.7 Å². The predicted octanol–water partition coefficient (Wildman–Crippen LogP) is 2.28. The van der Waals surface area contributed by atoms with E-state index < -0.39 is 15.9 Å². The number of hydrogen-bond acceptors (Lipinski definition) is 5. The molecule has 8 heteroatoms. The standard InChI is InChI=1S/C22H27N3O4S/c1-24(2)14-11-17-3-5-18(6-4-17)19-7-9-21(10-8-19)30(28,29)25-15-12-20(13-16-25)22(26)23-27/h3-10,12,27H,11,13-16H2,1-2H3,(H,23,26). The SMILES string of the molecule is CN(C)CCc1ccc(-c2ccc(S(=O)(=O)N3CC=C(C(=O)NO)CC3)cc2)cc1.